The summed E-state index contributed by atoms with van der Waals surface area (Å²) in [4.78, 5) is 26.0. The number of hydrogen-bond donors (Lipinski definition) is 0. The smallest absolute Gasteiger partial charge is 0.338 e. The lowest BCUT2D eigenvalue weighted by Crippen LogP contribution is -2.43. The lowest BCUT2D eigenvalue weighted by Gasteiger charge is -2.26. The van der Waals surface area contributed by atoms with Crippen molar-refractivity contribution in [2.45, 2.75) is 33.2 Å². The van der Waals surface area contributed by atoms with Gasteiger partial charge < -0.3 is 9.64 Å². The van der Waals surface area contributed by atoms with Gasteiger partial charge in [0.15, 0.2) is 16.4 Å². The molecule has 1 aromatic rings. The van der Waals surface area contributed by atoms with Gasteiger partial charge in [-0.2, -0.15) is 0 Å². The second kappa shape index (κ2) is 7.34. The molecule has 7 heteroatoms. The number of esters is 1. The van der Waals surface area contributed by atoms with Crippen molar-refractivity contribution in [1.82, 2.24) is 4.90 Å². The van der Waals surface area contributed by atoms with E-state index in [2.05, 4.69) is 0 Å². The first-order valence-electron chi connectivity index (χ1n) is 7.98. The average molecular weight is 353 g/mol. The maximum absolute atomic E-state index is 12.3. The van der Waals surface area contributed by atoms with E-state index in [-0.39, 0.29) is 30.1 Å². The number of carbonyl (C=O) groups excluding carboxylic acids is 2. The Morgan fingerprint density at radius 2 is 2.00 bits per heavy atom. The van der Waals surface area contributed by atoms with Crippen molar-refractivity contribution in [2.24, 2.45) is 0 Å². The summed E-state index contributed by atoms with van der Waals surface area (Å²) in [5.74, 6) is -0.820. The molecule has 6 nitrogen and oxygen atoms in total. The highest BCUT2D eigenvalue weighted by Gasteiger charge is 2.34. The predicted molar refractivity (Wildman–Crippen MR) is 90.6 cm³/mol. The van der Waals surface area contributed by atoms with E-state index >= 15 is 0 Å². The van der Waals surface area contributed by atoms with Gasteiger partial charge >= 0.3 is 5.97 Å². The van der Waals surface area contributed by atoms with Gasteiger partial charge in [-0.05, 0) is 44.4 Å². The first-order chi connectivity index (χ1) is 11.2. The largest absolute Gasteiger partial charge is 0.452 e. The van der Waals surface area contributed by atoms with Gasteiger partial charge in [0.2, 0.25) is 0 Å². The fraction of sp³-hybridized carbons (Fsp3) is 0.529. The van der Waals surface area contributed by atoms with Gasteiger partial charge in [-0.25, -0.2) is 13.2 Å². The molecular formula is C17H23NO5S. The highest BCUT2D eigenvalue weighted by Crippen LogP contribution is 2.18. The molecule has 1 heterocycles. The summed E-state index contributed by atoms with van der Waals surface area (Å²) in [5.41, 5.74) is 2.24. The number of carbonyl (C=O) groups is 2. The minimum Gasteiger partial charge on any atom is -0.452 e. The van der Waals surface area contributed by atoms with Gasteiger partial charge in [0.05, 0.1) is 17.1 Å². The summed E-state index contributed by atoms with van der Waals surface area (Å²) >= 11 is 0. The fourth-order valence-electron chi connectivity index (χ4n) is 2.92. The molecular weight excluding hydrogens is 330 g/mol. The van der Waals surface area contributed by atoms with Crippen LogP contribution in [0.4, 0.5) is 0 Å². The van der Waals surface area contributed by atoms with Crippen LogP contribution in [0.15, 0.2) is 18.2 Å². The normalized spacial score (nSPS) is 19.0. The molecule has 132 valence electrons. The van der Waals surface area contributed by atoms with Crippen molar-refractivity contribution in [3.63, 3.8) is 0 Å². The van der Waals surface area contributed by atoms with Gasteiger partial charge in [-0.15, -0.1) is 0 Å². The van der Waals surface area contributed by atoms with E-state index in [4.69, 9.17) is 4.74 Å². The van der Waals surface area contributed by atoms with Crippen LogP contribution in [0.2, 0.25) is 0 Å². The molecule has 0 radical (unpaired) electrons. The van der Waals surface area contributed by atoms with Crippen molar-refractivity contribution in [2.75, 3.05) is 24.7 Å². The lowest BCUT2D eigenvalue weighted by atomic mass is 10.0. The van der Waals surface area contributed by atoms with Gasteiger partial charge in [0.25, 0.3) is 5.91 Å². The fourth-order valence-corrected chi connectivity index (χ4v) is 4.65. The monoisotopic (exact) mass is 353 g/mol. The molecule has 2 rings (SSSR count). The Balaban J connectivity index is 1.99. The van der Waals surface area contributed by atoms with E-state index < -0.39 is 15.8 Å². The third-order valence-electron chi connectivity index (χ3n) is 4.46. The maximum atomic E-state index is 12.3. The van der Waals surface area contributed by atoms with Gasteiger partial charge in [0, 0.05) is 12.6 Å². The van der Waals surface area contributed by atoms with Crippen LogP contribution in [0.3, 0.4) is 0 Å². The first kappa shape index (κ1) is 18.4. The van der Waals surface area contributed by atoms with Crippen LogP contribution in [0, 0.1) is 13.8 Å². The lowest BCUT2D eigenvalue weighted by molar-refractivity contribution is -0.136. The minimum atomic E-state index is -3.07. The number of aryl methyl sites for hydroxylation is 1. The third kappa shape index (κ3) is 4.14. The molecule has 1 amide bonds. The van der Waals surface area contributed by atoms with E-state index in [0.717, 1.165) is 11.1 Å². The molecule has 1 unspecified atom stereocenters. The number of sulfone groups is 1. The standard InChI is InChI=1S/C17H23NO5S/c1-4-18(14-8-9-24(21,22)11-14)16(19)10-23-17(20)15-7-5-6-12(2)13(15)3/h5-7,14H,4,8-11H2,1-3H3. The Labute approximate surface area is 142 Å². The summed E-state index contributed by atoms with van der Waals surface area (Å²) in [7, 11) is -3.07. The van der Waals surface area contributed by atoms with Crippen LogP contribution in [-0.2, 0) is 19.4 Å². The second-order valence-corrected chi connectivity index (χ2v) is 8.29. The predicted octanol–water partition coefficient (Wildman–Crippen LogP) is 1.50. The molecule has 0 spiro atoms. The molecule has 0 saturated carbocycles. The Kier molecular flexibility index (Phi) is 5.64. The SMILES string of the molecule is CCN(C(=O)COC(=O)c1cccc(C)c1C)C1CCS(=O)(=O)C1. The quantitative estimate of drug-likeness (QED) is 0.749. The minimum absolute atomic E-state index is 0.0164. The van der Waals surface area contributed by atoms with Crippen LogP contribution in [0.5, 0.6) is 0 Å². The summed E-state index contributed by atoms with van der Waals surface area (Å²) in [6.45, 7) is 5.53. The van der Waals surface area contributed by atoms with E-state index in [1.54, 1.807) is 19.1 Å². The van der Waals surface area contributed by atoms with Crippen LogP contribution < -0.4 is 0 Å². The Bertz CT molecular complexity index is 741. The number of benzene rings is 1. The number of amides is 1. The highest BCUT2D eigenvalue weighted by atomic mass is 32.2. The molecule has 0 bridgehead atoms. The average Bonchev–Trinajstić information content (AvgIpc) is 2.88. The number of rotatable bonds is 5. The maximum Gasteiger partial charge on any atom is 0.338 e. The van der Waals surface area contributed by atoms with Crippen molar-refractivity contribution in [1.29, 1.82) is 0 Å². The molecule has 1 fully saturated rings. The van der Waals surface area contributed by atoms with Gasteiger partial charge in [0.1, 0.15) is 0 Å². The zero-order chi connectivity index (χ0) is 17.9. The zero-order valence-corrected chi connectivity index (χ0v) is 15.1. The number of nitrogens with zero attached hydrogens (tertiary/aromatic N) is 1. The van der Waals surface area contributed by atoms with Gasteiger partial charge in [-0.3, -0.25) is 4.79 Å². The molecule has 1 saturated heterocycles. The topological polar surface area (TPSA) is 80.8 Å². The molecule has 0 aliphatic carbocycles. The van der Waals surface area contributed by atoms with Crippen molar-refractivity contribution in [3.8, 4) is 0 Å². The van der Waals surface area contributed by atoms with Crippen molar-refractivity contribution in [3.05, 3.63) is 34.9 Å². The van der Waals surface area contributed by atoms with Crippen molar-refractivity contribution < 1.29 is 22.7 Å². The Morgan fingerprint density at radius 3 is 2.58 bits per heavy atom. The van der Waals surface area contributed by atoms with Gasteiger partial charge in [-0.1, -0.05) is 12.1 Å². The van der Waals surface area contributed by atoms with Crippen LogP contribution >= 0.6 is 0 Å². The summed E-state index contributed by atoms with van der Waals surface area (Å²) in [6.07, 6.45) is 0.437. The Morgan fingerprint density at radius 1 is 1.29 bits per heavy atom. The molecule has 0 N–H and O–H groups in total. The summed E-state index contributed by atoms with van der Waals surface area (Å²) in [5, 5.41) is 0. The zero-order valence-electron chi connectivity index (χ0n) is 14.2. The van der Waals surface area contributed by atoms with E-state index in [1.165, 1.54) is 4.90 Å². The van der Waals surface area contributed by atoms with Crippen molar-refractivity contribution >= 4 is 21.7 Å². The molecule has 24 heavy (non-hydrogen) atoms. The number of hydrogen-bond acceptors (Lipinski definition) is 5. The first-order valence-corrected chi connectivity index (χ1v) is 9.80. The summed E-state index contributed by atoms with van der Waals surface area (Å²) < 4.78 is 28.3. The summed E-state index contributed by atoms with van der Waals surface area (Å²) in [6, 6.07) is 5.00. The van der Waals surface area contributed by atoms with E-state index in [1.807, 2.05) is 19.9 Å². The Hall–Kier alpha value is -1.89. The van der Waals surface area contributed by atoms with E-state index in [9.17, 15) is 18.0 Å². The molecule has 1 aliphatic rings. The molecule has 1 atom stereocenters. The van der Waals surface area contributed by atoms with E-state index in [0.29, 0.717) is 18.5 Å². The number of likely N-dealkylation sites (N-methyl/N-ethyl adjacent to an activating group) is 1. The third-order valence-corrected chi connectivity index (χ3v) is 6.21. The highest BCUT2D eigenvalue weighted by molar-refractivity contribution is 7.91. The van der Waals surface area contributed by atoms with Crippen LogP contribution in [-0.4, -0.2) is 55.9 Å². The van der Waals surface area contributed by atoms with Crippen LogP contribution in [0.25, 0.3) is 0 Å². The molecule has 1 aromatic carbocycles. The van der Waals surface area contributed by atoms with Crippen LogP contribution in [0.1, 0.15) is 34.8 Å². The second-order valence-electron chi connectivity index (χ2n) is 6.06. The molecule has 0 aromatic heterocycles. The number of ether oxygens (including phenoxy) is 1. The molecule has 1 aliphatic heterocycles.